The summed E-state index contributed by atoms with van der Waals surface area (Å²) in [4.78, 5) is 0. The van der Waals surface area contributed by atoms with Crippen LogP contribution in [0.2, 0.25) is 0 Å². The van der Waals surface area contributed by atoms with Crippen molar-refractivity contribution in [3.05, 3.63) is 47.7 Å². The summed E-state index contributed by atoms with van der Waals surface area (Å²) in [5.74, 6) is 0.841. The number of allylic oxidation sites excluding steroid dienone is 1. The summed E-state index contributed by atoms with van der Waals surface area (Å²) < 4.78 is 0. The molecule has 0 spiro atoms. The lowest BCUT2D eigenvalue weighted by Crippen LogP contribution is -2.36. The molecule has 1 aromatic carbocycles. The van der Waals surface area contributed by atoms with Crippen LogP contribution in [0.1, 0.15) is 44.7 Å². The number of nitrogens with one attached hydrogen (secondary N) is 1. The molecular formula is C17H28N2. The summed E-state index contributed by atoms with van der Waals surface area (Å²) >= 11 is 0. The number of fused-ring (bicyclic) bond motifs is 1. The van der Waals surface area contributed by atoms with E-state index in [1.165, 1.54) is 24.8 Å². The maximum Gasteiger partial charge on any atom is 0.0210 e. The average molecular weight is 260 g/mol. The zero-order valence-electron chi connectivity index (χ0n) is 12.6. The fourth-order valence-corrected chi connectivity index (χ4v) is 2.34. The smallest absolute Gasteiger partial charge is 0.0210 e. The van der Waals surface area contributed by atoms with Crippen LogP contribution in [0, 0.1) is 5.92 Å². The largest absolute Gasteiger partial charge is 0.403 e. The molecule has 2 atom stereocenters. The van der Waals surface area contributed by atoms with Gasteiger partial charge in [0, 0.05) is 12.6 Å². The molecule has 0 bridgehead atoms. The molecule has 0 saturated carbocycles. The second-order valence-electron chi connectivity index (χ2n) is 5.65. The summed E-state index contributed by atoms with van der Waals surface area (Å²) in [5.41, 5.74) is 8.61. The van der Waals surface area contributed by atoms with Crippen LogP contribution in [0.25, 0.3) is 0 Å². The fourth-order valence-electron chi connectivity index (χ4n) is 2.34. The van der Waals surface area contributed by atoms with E-state index in [-0.39, 0.29) is 0 Å². The first kappa shape index (κ1) is 15.8. The van der Waals surface area contributed by atoms with Gasteiger partial charge in [-0.15, -0.1) is 0 Å². The molecule has 19 heavy (non-hydrogen) atoms. The summed E-state index contributed by atoms with van der Waals surface area (Å²) in [7, 11) is 0. The maximum absolute atomic E-state index is 4.92. The Kier molecular flexibility index (Phi) is 6.65. The third kappa shape index (κ3) is 5.93. The van der Waals surface area contributed by atoms with Gasteiger partial charge in [-0.05, 0) is 42.5 Å². The Morgan fingerprint density at radius 1 is 1.42 bits per heavy atom. The molecule has 1 aromatic rings. The molecular weight excluding hydrogens is 232 g/mol. The quantitative estimate of drug-likeness (QED) is 0.871. The van der Waals surface area contributed by atoms with Gasteiger partial charge in [0.1, 0.15) is 0 Å². The normalized spacial score (nSPS) is 18.8. The Morgan fingerprint density at radius 3 is 2.58 bits per heavy atom. The molecule has 1 aliphatic heterocycles. The Balaban J connectivity index is 0.000000399. The molecule has 2 unspecified atom stereocenters. The molecule has 2 rings (SSSR count). The molecule has 1 aliphatic rings. The number of hydrogen-bond donors (Lipinski definition) is 2. The number of nitrogens with two attached hydrogens (primary N) is 1. The van der Waals surface area contributed by atoms with Crippen LogP contribution in [0.4, 0.5) is 0 Å². The SMILES string of the molecule is C=C(C)N.CCC(C)CC1Cc2ccccc2CN1. The zero-order chi connectivity index (χ0) is 14.3. The van der Waals surface area contributed by atoms with Crippen molar-refractivity contribution in [1.29, 1.82) is 0 Å². The van der Waals surface area contributed by atoms with Crippen molar-refractivity contribution in [2.75, 3.05) is 0 Å². The summed E-state index contributed by atoms with van der Waals surface area (Å²) in [6.45, 7) is 10.8. The van der Waals surface area contributed by atoms with Crippen molar-refractivity contribution in [2.24, 2.45) is 11.7 Å². The van der Waals surface area contributed by atoms with E-state index in [1.807, 2.05) is 0 Å². The molecule has 0 saturated heterocycles. The molecule has 2 nitrogen and oxygen atoms in total. The van der Waals surface area contributed by atoms with E-state index in [0.29, 0.717) is 11.7 Å². The minimum Gasteiger partial charge on any atom is -0.403 e. The molecule has 2 heteroatoms. The second-order valence-corrected chi connectivity index (χ2v) is 5.65. The Hall–Kier alpha value is -1.28. The molecule has 0 amide bonds. The van der Waals surface area contributed by atoms with Crippen molar-refractivity contribution in [2.45, 2.75) is 52.6 Å². The number of benzene rings is 1. The summed E-state index contributed by atoms with van der Waals surface area (Å²) in [5, 5.41) is 3.64. The summed E-state index contributed by atoms with van der Waals surface area (Å²) in [6, 6.07) is 9.50. The average Bonchev–Trinajstić information content (AvgIpc) is 2.38. The molecule has 0 aliphatic carbocycles. The van der Waals surface area contributed by atoms with E-state index >= 15 is 0 Å². The summed E-state index contributed by atoms with van der Waals surface area (Å²) in [6.07, 6.45) is 3.81. The molecule has 0 aromatic heterocycles. The van der Waals surface area contributed by atoms with Crippen LogP contribution in [-0.2, 0) is 13.0 Å². The van der Waals surface area contributed by atoms with E-state index in [9.17, 15) is 0 Å². The highest BCUT2D eigenvalue weighted by atomic mass is 14.9. The lowest BCUT2D eigenvalue weighted by Gasteiger charge is -2.28. The van der Waals surface area contributed by atoms with Crippen molar-refractivity contribution < 1.29 is 0 Å². The van der Waals surface area contributed by atoms with Crippen molar-refractivity contribution in [3.63, 3.8) is 0 Å². The van der Waals surface area contributed by atoms with Crippen molar-refractivity contribution in [3.8, 4) is 0 Å². The first-order valence-electron chi connectivity index (χ1n) is 7.24. The third-order valence-electron chi connectivity index (χ3n) is 3.55. The molecule has 106 valence electrons. The van der Waals surface area contributed by atoms with Crippen LogP contribution < -0.4 is 11.1 Å². The minimum absolute atomic E-state index is 0.667. The fraction of sp³-hybridized carbons (Fsp3) is 0.529. The molecule has 0 radical (unpaired) electrons. The van der Waals surface area contributed by atoms with Crippen LogP contribution >= 0.6 is 0 Å². The van der Waals surface area contributed by atoms with Gasteiger partial charge < -0.3 is 11.1 Å². The van der Waals surface area contributed by atoms with Crippen LogP contribution in [-0.4, -0.2) is 6.04 Å². The Bertz CT molecular complexity index is 394. The highest BCUT2D eigenvalue weighted by Crippen LogP contribution is 2.20. The van der Waals surface area contributed by atoms with Gasteiger partial charge in [0.05, 0.1) is 0 Å². The first-order valence-corrected chi connectivity index (χ1v) is 7.24. The first-order chi connectivity index (χ1) is 9.02. The van der Waals surface area contributed by atoms with Crippen LogP contribution in [0.15, 0.2) is 36.5 Å². The maximum atomic E-state index is 4.92. The van der Waals surface area contributed by atoms with Gasteiger partial charge in [-0.3, -0.25) is 0 Å². The van der Waals surface area contributed by atoms with Crippen molar-refractivity contribution in [1.82, 2.24) is 5.32 Å². The van der Waals surface area contributed by atoms with Gasteiger partial charge in [0.15, 0.2) is 0 Å². The van der Waals surface area contributed by atoms with E-state index < -0.39 is 0 Å². The topological polar surface area (TPSA) is 38.0 Å². The monoisotopic (exact) mass is 260 g/mol. The zero-order valence-corrected chi connectivity index (χ0v) is 12.6. The lowest BCUT2D eigenvalue weighted by atomic mass is 9.90. The van der Waals surface area contributed by atoms with Crippen molar-refractivity contribution >= 4 is 0 Å². The second kappa shape index (κ2) is 8.00. The van der Waals surface area contributed by atoms with E-state index in [4.69, 9.17) is 5.73 Å². The van der Waals surface area contributed by atoms with Gasteiger partial charge in [-0.1, -0.05) is 51.1 Å². The predicted molar refractivity (Wildman–Crippen MR) is 83.8 cm³/mol. The Labute approximate surface area is 118 Å². The number of hydrogen-bond acceptors (Lipinski definition) is 2. The molecule has 1 heterocycles. The van der Waals surface area contributed by atoms with E-state index in [0.717, 1.165) is 12.5 Å². The van der Waals surface area contributed by atoms with Crippen LogP contribution in [0.5, 0.6) is 0 Å². The van der Waals surface area contributed by atoms with Crippen LogP contribution in [0.3, 0.4) is 0 Å². The van der Waals surface area contributed by atoms with Gasteiger partial charge in [0.2, 0.25) is 0 Å². The standard InChI is InChI=1S/C14H21N.C3H7N/c1-3-11(2)8-14-9-12-6-4-5-7-13(12)10-15-14;1-3(2)4/h4-7,11,14-15H,3,8-10H2,1-2H3;1,4H2,2H3. The highest BCUT2D eigenvalue weighted by molar-refractivity contribution is 5.29. The lowest BCUT2D eigenvalue weighted by molar-refractivity contribution is 0.376. The number of rotatable bonds is 3. The minimum atomic E-state index is 0.667. The van der Waals surface area contributed by atoms with Gasteiger partial charge in [-0.25, -0.2) is 0 Å². The van der Waals surface area contributed by atoms with Gasteiger partial charge in [0.25, 0.3) is 0 Å². The molecule has 3 N–H and O–H groups in total. The van der Waals surface area contributed by atoms with Gasteiger partial charge in [-0.2, -0.15) is 0 Å². The third-order valence-corrected chi connectivity index (χ3v) is 3.55. The molecule has 0 fully saturated rings. The predicted octanol–water partition coefficient (Wildman–Crippen LogP) is 3.62. The highest BCUT2D eigenvalue weighted by Gasteiger charge is 2.18. The van der Waals surface area contributed by atoms with Gasteiger partial charge >= 0.3 is 0 Å². The van der Waals surface area contributed by atoms with E-state index in [2.05, 4.69) is 50.0 Å². The Morgan fingerprint density at radius 2 is 2.00 bits per heavy atom. The van der Waals surface area contributed by atoms with E-state index in [1.54, 1.807) is 12.5 Å².